The minimum Gasteiger partial charge on any atom is -0.462 e. The number of unbranched alkanes of at least 4 members (excludes halogenated alkanes) is 20. The third-order valence-corrected chi connectivity index (χ3v) is 11.0. The molecule has 0 aromatic carbocycles. The Morgan fingerprint density at radius 2 is 0.647 bits per heavy atom. The minimum atomic E-state index is -0.830. The second kappa shape index (κ2) is 55.1. The van der Waals surface area contributed by atoms with Gasteiger partial charge in [0.1, 0.15) is 13.2 Å². The predicted octanol–water partition coefficient (Wildman–Crippen LogP) is 18.3. The zero-order valence-electron chi connectivity index (χ0n) is 43.6. The van der Waals surface area contributed by atoms with Gasteiger partial charge in [-0.15, -0.1) is 0 Å². The van der Waals surface area contributed by atoms with Crippen LogP contribution in [0.25, 0.3) is 0 Å². The molecule has 1 atom stereocenters. The van der Waals surface area contributed by atoms with Crippen molar-refractivity contribution in [3.63, 3.8) is 0 Å². The first kappa shape index (κ1) is 63.5. The summed E-state index contributed by atoms with van der Waals surface area (Å²) in [4.78, 5) is 38.1. The monoisotopic (exact) mass is 939 g/mol. The zero-order valence-corrected chi connectivity index (χ0v) is 43.6. The quantitative estimate of drug-likeness (QED) is 0.0199. The molecule has 382 valence electrons. The number of allylic oxidation sites excluding steroid dienone is 22. The molecule has 0 aromatic rings. The van der Waals surface area contributed by atoms with Crippen LogP contribution in [0.3, 0.4) is 0 Å². The molecule has 0 bridgehead atoms. The van der Waals surface area contributed by atoms with Crippen molar-refractivity contribution in [1.29, 1.82) is 0 Å². The number of rotatable bonds is 47. The second-order valence-electron chi connectivity index (χ2n) is 17.6. The van der Waals surface area contributed by atoms with Crippen LogP contribution in [0.15, 0.2) is 134 Å². The molecule has 0 fully saturated rings. The molecule has 0 aromatic heterocycles. The summed E-state index contributed by atoms with van der Waals surface area (Å²) in [6.45, 7) is 6.36. The maximum absolute atomic E-state index is 12.8. The van der Waals surface area contributed by atoms with Crippen molar-refractivity contribution in [3.05, 3.63) is 134 Å². The van der Waals surface area contributed by atoms with Gasteiger partial charge in [-0.3, -0.25) is 14.4 Å². The van der Waals surface area contributed by atoms with Crippen molar-refractivity contribution in [2.24, 2.45) is 0 Å². The van der Waals surface area contributed by atoms with Gasteiger partial charge in [-0.2, -0.15) is 0 Å². The molecule has 0 aliphatic carbocycles. The maximum atomic E-state index is 12.8. The lowest BCUT2D eigenvalue weighted by molar-refractivity contribution is -0.167. The number of hydrogen-bond donors (Lipinski definition) is 0. The van der Waals surface area contributed by atoms with Crippen LogP contribution in [0.1, 0.15) is 220 Å². The molecule has 6 heteroatoms. The Morgan fingerprint density at radius 3 is 1.10 bits per heavy atom. The SMILES string of the molecule is CC\C=C/C=C\C=C/C=C\CCCCCCCC(=O)OCC(COC(=O)CCCCCCC\C=C/C=C\C=C/C=C\CCCCC)OC(=O)CCC/C=C\C/C=C\C/C=C\CCCCCCCC. The predicted molar refractivity (Wildman–Crippen MR) is 292 cm³/mol. The van der Waals surface area contributed by atoms with Crippen LogP contribution in [0.2, 0.25) is 0 Å². The Morgan fingerprint density at radius 1 is 0.324 bits per heavy atom. The smallest absolute Gasteiger partial charge is 0.306 e. The van der Waals surface area contributed by atoms with Gasteiger partial charge in [0.2, 0.25) is 0 Å². The average Bonchev–Trinajstić information content (AvgIpc) is 3.34. The Hall–Kier alpha value is -4.45. The van der Waals surface area contributed by atoms with E-state index in [-0.39, 0.29) is 37.5 Å². The Bertz CT molecular complexity index is 1500. The number of hydrogen-bond acceptors (Lipinski definition) is 6. The van der Waals surface area contributed by atoms with Gasteiger partial charge < -0.3 is 14.2 Å². The van der Waals surface area contributed by atoms with Crippen LogP contribution >= 0.6 is 0 Å². The topological polar surface area (TPSA) is 78.9 Å². The third kappa shape index (κ3) is 52.5. The van der Waals surface area contributed by atoms with Crippen LogP contribution in [0.4, 0.5) is 0 Å². The molecule has 0 saturated heterocycles. The third-order valence-electron chi connectivity index (χ3n) is 11.0. The van der Waals surface area contributed by atoms with E-state index in [9.17, 15) is 14.4 Å². The highest BCUT2D eigenvalue weighted by Crippen LogP contribution is 2.12. The first-order valence-electron chi connectivity index (χ1n) is 27.3. The molecule has 0 saturated carbocycles. The van der Waals surface area contributed by atoms with E-state index in [1.54, 1.807) is 0 Å². The van der Waals surface area contributed by atoms with E-state index in [0.29, 0.717) is 19.3 Å². The van der Waals surface area contributed by atoms with Crippen molar-refractivity contribution in [1.82, 2.24) is 0 Å². The lowest BCUT2D eigenvalue weighted by atomic mass is 10.1. The first-order valence-corrected chi connectivity index (χ1v) is 27.3. The van der Waals surface area contributed by atoms with Gasteiger partial charge in [0.05, 0.1) is 0 Å². The molecule has 6 nitrogen and oxygen atoms in total. The standard InChI is InChI=1S/C62H98O6/c1-4-7-10-13-16-19-22-25-28-30-32-34-37-40-43-46-49-52-55-61(64)67-58-59(57-66-60(63)54-51-48-45-42-39-36-33-27-24-21-18-15-12-9-6-3)68-62(65)56-53-50-47-44-41-38-35-31-29-26-23-20-17-14-11-8-5-2/h9,12,15-16,18-19,21-22,24-30,32-35,38,44,47,59H,4-8,10-11,13-14,17,20,23,31,36-37,39-43,45-46,48-58H2,1-3H3/b12-9-,18-15-,19-16-,24-21-,25-22-,29-26-,30-28-,33-27-,34-32-,38-35-,47-44-. The number of carbonyl (C=O) groups is 3. The molecule has 0 N–H and O–H groups in total. The molecule has 0 heterocycles. The molecule has 0 radical (unpaired) electrons. The normalized spacial score (nSPS) is 13.2. The van der Waals surface area contributed by atoms with Crippen molar-refractivity contribution >= 4 is 17.9 Å². The summed E-state index contributed by atoms with van der Waals surface area (Å²) in [7, 11) is 0. The van der Waals surface area contributed by atoms with Crippen molar-refractivity contribution in [3.8, 4) is 0 Å². The fourth-order valence-corrected chi connectivity index (χ4v) is 6.95. The van der Waals surface area contributed by atoms with Crippen LogP contribution in [-0.4, -0.2) is 37.2 Å². The highest BCUT2D eigenvalue weighted by Gasteiger charge is 2.19. The summed E-state index contributed by atoms with van der Waals surface area (Å²) in [5.74, 6) is -1.03. The molecule has 0 aliphatic rings. The maximum Gasteiger partial charge on any atom is 0.306 e. The molecule has 0 amide bonds. The summed E-state index contributed by atoms with van der Waals surface area (Å²) < 4.78 is 16.7. The fourth-order valence-electron chi connectivity index (χ4n) is 6.95. The number of esters is 3. The van der Waals surface area contributed by atoms with E-state index in [4.69, 9.17) is 14.2 Å². The second-order valence-corrected chi connectivity index (χ2v) is 17.6. The van der Waals surface area contributed by atoms with Crippen LogP contribution in [-0.2, 0) is 28.6 Å². The van der Waals surface area contributed by atoms with Gasteiger partial charge >= 0.3 is 17.9 Å². The molecule has 1 unspecified atom stereocenters. The van der Waals surface area contributed by atoms with Crippen molar-refractivity contribution in [2.45, 2.75) is 226 Å². The molecule has 0 rings (SSSR count). The number of ether oxygens (including phenoxy) is 3. The summed E-state index contributed by atoms with van der Waals surface area (Å²) in [6, 6.07) is 0. The van der Waals surface area contributed by atoms with Gasteiger partial charge in [0.15, 0.2) is 6.10 Å². The first-order chi connectivity index (χ1) is 33.5. The molecule has 0 spiro atoms. The zero-order chi connectivity index (χ0) is 49.3. The highest BCUT2D eigenvalue weighted by molar-refractivity contribution is 5.71. The molecule has 68 heavy (non-hydrogen) atoms. The summed E-state index contributed by atoms with van der Waals surface area (Å²) in [5, 5.41) is 0. The Kier molecular flexibility index (Phi) is 51.5. The Balaban J connectivity index is 4.58. The minimum absolute atomic E-state index is 0.123. The van der Waals surface area contributed by atoms with Gasteiger partial charge in [-0.1, -0.05) is 238 Å². The highest BCUT2D eigenvalue weighted by atomic mass is 16.6. The van der Waals surface area contributed by atoms with E-state index >= 15 is 0 Å². The van der Waals surface area contributed by atoms with Crippen LogP contribution < -0.4 is 0 Å². The van der Waals surface area contributed by atoms with E-state index in [1.165, 1.54) is 64.2 Å². The summed E-state index contributed by atoms with van der Waals surface area (Å²) >= 11 is 0. The van der Waals surface area contributed by atoms with Gasteiger partial charge in [0, 0.05) is 19.3 Å². The van der Waals surface area contributed by atoms with Gasteiger partial charge in [-0.05, 0) is 96.3 Å². The van der Waals surface area contributed by atoms with E-state index in [1.807, 2.05) is 24.3 Å². The van der Waals surface area contributed by atoms with E-state index in [2.05, 4.69) is 130 Å². The van der Waals surface area contributed by atoms with E-state index in [0.717, 1.165) is 109 Å². The molecular weight excluding hydrogens is 841 g/mol. The van der Waals surface area contributed by atoms with Crippen LogP contribution in [0.5, 0.6) is 0 Å². The lowest BCUT2D eigenvalue weighted by Crippen LogP contribution is -2.30. The fraction of sp³-hybridized carbons (Fsp3) is 0.597. The Labute approximate surface area is 417 Å². The summed E-state index contributed by atoms with van der Waals surface area (Å²) in [5.41, 5.74) is 0. The van der Waals surface area contributed by atoms with Crippen LogP contribution in [0, 0.1) is 0 Å². The lowest BCUT2D eigenvalue weighted by Gasteiger charge is -2.18. The van der Waals surface area contributed by atoms with Gasteiger partial charge in [0.25, 0.3) is 0 Å². The molecular formula is C62H98O6. The largest absolute Gasteiger partial charge is 0.462 e. The average molecular weight is 939 g/mol. The van der Waals surface area contributed by atoms with Crippen molar-refractivity contribution in [2.75, 3.05) is 13.2 Å². The number of carbonyl (C=O) groups excluding carboxylic acids is 3. The molecule has 0 aliphatic heterocycles. The van der Waals surface area contributed by atoms with E-state index < -0.39 is 6.10 Å². The van der Waals surface area contributed by atoms with Gasteiger partial charge in [-0.25, -0.2) is 0 Å². The van der Waals surface area contributed by atoms with Crippen molar-refractivity contribution < 1.29 is 28.6 Å². The summed E-state index contributed by atoms with van der Waals surface area (Å²) in [6.07, 6.45) is 77.2.